The number of benzene rings is 1. The summed E-state index contributed by atoms with van der Waals surface area (Å²) in [5, 5.41) is 9.75. The lowest BCUT2D eigenvalue weighted by Crippen LogP contribution is -2.49. The van der Waals surface area contributed by atoms with Crippen molar-refractivity contribution in [2.45, 2.75) is 45.1 Å². The molecule has 1 saturated heterocycles. The quantitative estimate of drug-likeness (QED) is 0.931. The summed E-state index contributed by atoms with van der Waals surface area (Å²) in [7, 11) is 0. The van der Waals surface area contributed by atoms with Gasteiger partial charge in [-0.15, -0.1) is 0 Å². The Bertz CT molecular complexity index is 513. The molecule has 1 aromatic rings. The van der Waals surface area contributed by atoms with Gasteiger partial charge < -0.3 is 10.0 Å². The molecular formula is C17H24FNO2. The Hall–Kier alpha value is -1.42. The lowest BCUT2D eigenvalue weighted by Gasteiger charge is -2.38. The average Bonchev–Trinajstić information content (AvgIpc) is 2.46. The minimum Gasteiger partial charge on any atom is -0.393 e. The lowest BCUT2D eigenvalue weighted by molar-refractivity contribution is -0.139. The zero-order valence-electron chi connectivity index (χ0n) is 13.0. The van der Waals surface area contributed by atoms with Crippen LogP contribution in [0.25, 0.3) is 0 Å². The Balaban J connectivity index is 2.18. The molecule has 0 saturated carbocycles. The van der Waals surface area contributed by atoms with Crippen molar-refractivity contribution in [3.05, 3.63) is 35.6 Å². The van der Waals surface area contributed by atoms with Crippen molar-refractivity contribution in [3.63, 3.8) is 0 Å². The number of carbonyl (C=O) groups is 1. The number of rotatable bonds is 3. The second kappa shape index (κ2) is 6.14. The van der Waals surface area contributed by atoms with E-state index in [-0.39, 0.29) is 17.6 Å². The molecule has 0 aromatic heterocycles. The number of aliphatic hydroxyl groups excluding tert-OH is 1. The molecule has 0 radical (unpaired) electrons. The van der Waals surface area contributed by atoms with Crippen molar-refractivity contribution in [1.82, 2.24) is 4.90 Å². The van der Waals surface area contributed by atoms with Gasteiger partial charge in [0.2, 0.25) is 5.91 Å². The topological polar surface area (TPSA) is 40.5 Å². The number of likely N-dealkylation sites (tertiary alicyclic amines) is 1. The van der Waals surface area contributed by atoms with Crippen LogP contribution >= 0.6 is 0 Å². The summed E-state index contributed by atoms with van der Waals surface area (Å²) in [6.45, 7) is 6.72. The number of amides is 1. The maximum absolute atomic E-state index is 13.4. The van der Waals surface area contributed by atoms with E-state index in [0.29, 0.717) is 18.7 Å². The predicted octanol–water partition coefficient (Wildman–Crippen LogP) is 2.72. The van der Waals surface area contributed by atoms with Crippen LogP contribution in [0, 0.1) is 11.7 Å². The van der Waals surface area contributed by atoms with Crippen LogP contribution < -0.4 is 0 Å². The first-order valence-electron chi connectivity index (χ1n) is 7.56. The van der Waals surface area contributed by atoms with Gasteiger partial charge >= 0.3 is 0 Å². The van der Waals surface area contributed by atoms with E-state index in [1.807, 2.05) is 18.7 Å². The van der Waals surface area contributed by atoms with E-state index in [9.17, 15) is 14.3 Å². The van der Waals surface area contributed by atoms with Crippen LogP contribution in [0.4, 0.5) is 4.39 Å². The molecule has 1 aliphatic heterocycles. The van der Waals surface area contributed by atoms with Crippen LogP contribution in [-0.4, -0.2) is 35.1 Å². The first kappa shape index (κ1) is 16.0. The van der Waals surface area contributed by atoms with Gasteiger partial charge in [-0.25, -0.2) is 4.39 Å². The van der Waals surface area contributed by atoms with Crippen molar-refractivity contribution in [3.8, 4) is 0 Å². The summed E-state index contributed by atoms with van der Waals surface area (Å²) < 4.78 is 13.4. The summed E-state index contributed by atoms with van der Waals surface area (Å²) in [6, 6.07) is 6.23. The highest BCUT2D eigenvalue weighted by Crippen LogP contribution is 2.29. The van der Waals surface area contributed by atoms with Gasteiger partial charge in [0.25, 0.3) is 0 Å². The SMILES string of the molecule is CC(O)C1CCCN(C(=O)C(C)(C)c2cccc(F)c2)C1. The first-order chi connectivity index (χ1) is 9.82. The monoisotopic (exact) mass is 293 g/mol. The summed E-state index contributed by atoms with van der Waals surface area (Å²) in [4.78, 5) is 14.6. The number of piperidine rings is 1. The maximum Gasteiger partial charge on any atom is 0.232 e. The fraction of sp³-hybridized carbons (Fsp3) is 0.588. The minimum absolute atomic E-state index is 0.00144. The van der Waals surface area contributed by atoms with E-state index in [2.05, 4.69) is 0 Å². The van der Waals surface area contributed by atoms with E-state index < -0.39 is 11.5 Å². The lowest BCUT2D eigenvalue weighted by atomic mass is 9.82. The van der Waals surface area contributed by atoms with E-state index in [1.54, 1.807) is 19.1 Å². The molecule has 2 rings (SSSR count). The van der Waals surface area contributed by atoms with Crippen molar-refractivity contribution in [2.75, 3.05) is 13.1 Å². The number of hydrogen-bond acceptors (Lipinski definition) is 2. The molecule has 2 unspecified atom stereocenters. The third-order valence-electron chi connectivity index (χ3n) is 4.51. The molecular weight excluding hydrogens is 269 g/mol. The largest absolute Gasteiger partial charge is 0.393 e. The molecule has 3 nitrogen and oxygen atoms in total. The molecule has 4 heteroatoms. The molecule has 2 atom stereocenters. The maximum atomic E-state index is 13.4. The minimum atomic E-state index is -0.761. The van der Waals surface area contributed by atoms with Crippen molar-refractivity contribution >= 4 is 5.91 Å². The Kier molecular flexibility index (Phi) is 4.67. The summed E-state index contributed by atoms with van der Waals surface area (Å²) in [5.41, 5.74) is -0.0745. The van der Waals surface area contributed by atoms with Crippen molar-refractivity contribution < 1.29 is 14.3 Å². The Labute approximate surface area is 125 Å². The molecule has 1 aromatic carbocycles. The first-order valence-corrected chi connectivity index (χ1v) is 7.56. The molecule has 1 N–H and O–H groups in total. The molecule has 1 aliphatic rings. The Morgan fingerprint density at radius 1 is 1.48 bits per heavy atom. The standard InChI is InChI=1S/C17H24FNO2/c1-12(20)13-6-5-9-19(11-13)16(21)17(2,3)14-7-4-8-15(18)10-14/h4,7-8,10,12-13,20H,5-6,9,11H2,1-3H3. The highest BCUT2D eigenvalue weighted by Gasteiger charge is 2.36. The normalized spacial score (nSPS) is 21.2. The van der Waals surface area contributed by atoms with Gasteiger partial charge in [-0.2, -0.15) is 0 Å². The van der Waals surface area contributed by atoms with E-state index >= 15 is 0 Å². The molecule has 0 spiro atoms. The van der Waals surface area contributed by atoms with Crippen LogP contribution in [0.2, 0.25) is 0 Å². The van der Waals surface area contributed by atoms with Gasteiger partial charge in [0.05, 0.1) is 11.5 Å². The van der Waals surface area contributed by atoms with Crippen LogP contribution in [0.15, 0.2) is 24.3 Å². The molecule has 116 valence electrons. The smallest absolute Gasteiger partial charge is 0.232 e. The highest BCUT2D eigenvalue weighted by atomic mass is 19.1. The number of aliphatic hydroxyl groups is 1. The van der Waals surface area contributed by atoms with Crippen molar-refractivity contribution in [1.29, 1.82) is 0 Å². The average molecular weight is 293 g/mol. The Morgan fingerprint density at radius 2 is 2.19 bits per heavy atom. The summed E-state index contributed by atoms with van der Waals surface area (Å²) in [6.07, 6.45) is 1.44. The molecule has 0 bridgehead atoms. The van der Waals surface area contributed by atoms with Crippen LogP contribution in [0.3, 0.4) is 0 Å². The Morgan fingerprint density at radius 3 is 2.81 bits per heavy atom. The van der Waals surface area contributed by atoms with Crippen LogP contribution in [0.5, 0.6) is 0 Å². The highest BCUT2D eigenvalue weighted by molar-refractivity contribution is 5.87. The second-order valence-electron chi connectivity index (χ2n) is 6.53. The van der Waals surface area contributed by atoms with Gasteiger partial charge in [-0.05, 0) is 51.3 Å². The van der Waals surface area contributed by atoms with E-state index in [0.717, 1.165) is 12.8 Å². The van der Waals surface area contributed by atoms with E-state index in [1.165, 1.54) is 12.1 Å². The summed E-state index contributed by atoms with van der Waals surface area (Å²) in [5.74, 6) is -0.196. The van der Waals surface area contributed by atoms with Crippen LogP contribution in [-0.2, 0) is 10.2 Å². The van der Waals surface area contributed by atoms with E-state index in [4.69, 9.17) is 0 Å². The van der Waals surface area contributed by atoms with Crippen molar-refractivity contribution in [2.24, 2.45) is 5.92 Å². The third-order valence-corrected chi connectivity index (χ3v) is 4.51. The number of nitrogens with zero attached hydrogens (tertiary/aromatic N) is 1. The van der Waals surface area contributed by atoms with Gasteiger partial charge in [-0.1, -0.05) is 12.1 Å². The summed E-state index contributed by atoms with van der Waals surface area (Å²) >= 11 is 0. The predicted molar refractivity (Wildman–Crippen MR) is 80.4 cm³/mol. The number of hydrogen-bond donors (Lipinski definition) is 1. The molecule has 1 amide bonds. The van der Waals surface area contributed by atoms with Gasteiger partial charge in [-0.3, -0.25) is 4.79 Å². The molecule has 21 heavy (non-hydrogen) atoms. The second-order valence-corrected chi connectivity index (χ2v) is 6.53. The third kappa shape index (κ3) is 3.43. The molecule has 1 heterocycles. The fourth-order valence-corrected chi connectivity index (χ4v) is 2.98. The molecule has 1 fully saturated rings. The fourth-order valence-electron chi connectivity index (χ4n) is 2.98. The number of carbonyl (C=O) groups excluding carboxylic acids is 1. The van der Waals surface area contributed by atoms with Gasteiger partial charge in [0.15, 0.2) is 0 Å². The molecule has 0 aliphatic carbocycles. The van der Waals surface area contributed by atoms with Gasteiger partial charge in [0.1, 0.15) is 5.82 Å². The van der Waals surface area contributed by atoms with Gasteiger partial charge in [0, 0.05) is 19.0 Å². The number of halogens is 1. The van der Waals surface area contributed by atoms with Crippen LogP contribution in [0.1, 0.15) is 39.2 Å². The zero-order chi connectivity index (χ0) is 15.6. The zero-order valence-corrected chi connectivity index (χ0v) is 13.0.